The molecule has 0 spiro atoms. The fraction of sp³-hybridized carbons (Fsp3) is 0.769. The molecule has 3 heteroatoms. The van der Waals surface area contributed by atoms with Gasteiger partial charge < -0.3 is 9.64 Å². The fourth-order valence-corrected chi connectivity index (χ4v) is 1.79. The second-order valence-corrected chi connectivity index (χ2v) is 5.61. The molecule has 16 heavy (non-hydrogen) atoms. The zero-order chi connectivity index (χ0) is 12.3. The highest BCUT2D eigenvalue weighted by molar-refractivity contribution is 5.68. The van der Waals surface area contributed by atoms with E-state index in [1.165, 1.54) is 5.57 Å². The minimum atomic E-state index is -0.195. The first-order valence-electron chi connectivity index (χ1n) is 5.96. The van der Waals surface area contributed by atoms with Gasteiger partial charge in [0.15, 0.2) is 0 Å². The van der Waals surface area contributed by atoms with E-state index in [1.54, 1.807) is 4.90 Å². The minimum Gasteiger partial charge on any atom is -0.447 e. The highest BCUT2D eigenvalue weighted by Crippen LogP contribution is 2.30. The molecule has 0 saturated heterocycles. The smallest absolute Gasteiger partial charge is 0.410 e. The van der Waals surface area contributed by atoms with Gasteiger partial charge in [0.1, 0.15) is 0 Å². The summed E-state index contributed by atoms with van der Waals surface area (Å²) in [5.74, 6) is 0. The maximum atomic E-state index is 11.6. The van der Waals surface area contributed by atoms with E-state index in [0.717, 1.165) is 13.0 Å². The van der Waals surface area contributed by atoms with E-state index in [9.17, 15) is 4.79 Å². The van der Waals surface area contributed by atoms with Crippen LogP contribution >= 0.6 is 0 Å². The van der Waals surface area contributed by atoms with Crippen LogP contribution in [0.2, 0.25) is 0 Å². The van der Waals surface area contributed by atoms with Crippen molar-refractivity contribution in [2.75, 3.05) is 13.1 Å². The van der Waals surface area contributed by atoms with E-state index < -0.39 is 0 Å². The number of ether oxygens (including phenoxy) is 1. The fourth-order valence-electron chi connectivity index (χ4n) is 1.79. The Morgan fingerprint density at radius 2 is 2.06 bits per heavy atom. The summed E-state index contributed by atoms with van der Waals surface area (Å²) >= 11 is 0. The molecule has 0 fully saturated rings. The van der Waals surface area contributed by atoms with Gasteiger partial charge in [-0.25, -0.2) is 4.79 Å². The summed E-state index contributed by atoms with van der Waals surface area (Å²) in [5.41, 5.74) is 1.65. The first-order valence-corrected chi connectivity index (χ1v) is 5.96. The summed E-state index contributed by atoms with van der Waals surface area (Å²) in [6.45, 7) is 11.8. The molecule has 1 rings (SSSR count). The van der Waals surface area contributed by atoms with Crippen LogP contribution in [-0.2, 0) is 4.74 Å². The lowest BCUT2D eigenvalue weighted by atomic mass is 9.83. The molecule has 3 nitrogen and oxygen atoms in total. The predicted molar refractivity (Wildman–Crippen MR) is 65.3 cm³/mol. The molecule has 1 aliphatic heterocycles. The summed E-state index contributed by atoms with van der Waals surface area (Å²) in [6.07, 6.45) is 2.88. The van der Waals surface area contributed by atoms with Crippen molar-refractivity contribution in [3.05, 3.63) is 11.6 Å². The molecule has 1 aliphatic rings. The number of rotatable bonds is 1. The molecule has 0 aliphatic carbocycles. The monoisotopic (exact) mass is 225 g/mol. The van der Waals surface area contributed by atoms with Crippen molar-refractivity contribution in [3.63, 3.8) is 0 Å². The number of nitrogens with zero attached hydrogens (tertiary/aromatic N) is 1. The first-order chi connectivity index (χ1) is 7.30. The van der Waals surface area contributed by atoms with E-state index in [4.69, 9.17) is 4.74 Å². The van der Waals surface area contributed by atoms with Crippen LogP contribution in [0.1, 0.15) is 41.0 Å². The van der Waals surface area contributed by atoms with Gasteiger partial charge in [-0.05, 0) is 25.7 Å². The molecule has 0 radical (unpaired) electrons. The third kappa shape index (κ3) is 3.54. The summed E-state index contributed by atoms with van der Waals surface area (Å²) in [6, 6.07) is 0. The lowest BCUT2D eigenvalue weighted by molar-refractivity contribution is 0.0785. The predicted octanol–water partition coefficient (Wildman–Crippen LogP) is 3.21. The quantitative estimate of drug-likeness (QED) is 0.641. The molecule has 0 N–H and O–H groups in total. The van der Waals surface area contributed by atoms with Gasteiger partial charge >= 0.3 is 6.09 Å². The molecule has 0 aromatic carbocycles. The molecule has 92 valence electrons. The molecule has 0 saturated carbocycles. The molecule has 0 bridgehead atoms. The average Bonchev–Trinajstić information content (AvgIpc) is 2.15. The normalized spacial score (nSPS) is 17.4. The van der Waals surface area contributed by atoms with E-state index >= 15 is 0 Å². The van der Waals surface area contributed by atoms with Crippen molar-refractivity contribution in [3.8, 4) is 0 Å². The highest BCUT2D eigenvalue weighted by Gasteiger charge is 2.24. The van der Waals surface area contributed by atoms with Gasteiger partial charge in [-0.15, -0.1) is 0 Å². The second-order valence-electron chi connectivity index (χ2n) is 5.61. The maximum Gasteiger partial charge on any atom is 0.410 e. The minimum absolute atomic E-state index is 0.0412. The van der Waals surface area contributed by atoms with E-state index in [-0.39, 0.29) is 17.6 Å². The number of amides is 1. The van der Waals surface area contributed by atoms with Crippen LogP contribution < -0.4 is 0 Å². The molecular weight excluding hydrogens is 202 g/mol. The van der Waals surface area contributed by atoms with E-state index in [2.05, 4.69) is 26.8 Å². The van der Waals surface area contributed by atoms with E-state index in [1.807, 2.05) is 13.8 Å². The molecule has 0 aromatic rings. The zero-order valence-corrected chi connectivity index (χ0v) is 11.0. The molecule has 0 unspecified atom stereocenters. The summed E-state index contributed by atoms with van der Waals surface area (Å²) in [7, 11) is 0. The van der Waals surface area contributed by atoms with Crippen LogP contribution in [0.3, 0.4) is 0 Å². The van der Waals surface area contributed by atoms with Gasteiger partial charge in [0.25, 0.3) is 0 Å². The molecule has 0 atom stereocenters. The van der Waals surface area contributed by atoms with Gasteiger partial charge in [-0.2, -0.15) is 0 Å². The standard InChI is InChI=1S/C13H23NO2/c1-10(2)16-12(15)14-8-6-11(7-9-14)13(3,4)5/h6,10H,7-9H2,1-5H3. The lowest BCUT2D eigenvalue weighted by Gasteiger charge is -2.32. The zero-order valence-electron chi connectivity index (χ0n) is 11.0. The number of carbonyl (C=O) groups is 1. The average molecular weight is 225 g/mol. The summed E-state index contributed by atoms with van der Waals surface area (Å²) in [5, 5.41) is 0. The molecule has 0 aromatic heterocycles. The Kier molecular flexibility index (Phi) is 4.00. The Balaban J connectivity index is 2.54. The Morgan fingerprint density at radius 1 is 1.44 bits per heavy atom. The van der Waals surface area contributed by atoms with Crippen molar-refractivity contribution in [1.82, 2.24) is 4.90 Å². The number of carbonyl (C=O) groups excluding carboxylic acids is 1. The van der Waals surface area contributed by atoms with Crippen LogP contribution in [0.4, 0.5) is 4.79 Å². The van der Waals surface area contributed by atoms with Crippen molar-refractivity contribution in [2.24, 2.45) is 5.41 Å². The van der Waals surface area contributed by atoms with Gasteiger partial charge in [0.05, 0.1) is 6.10 Å². The highest BCUT2D eigenvalue weighted by atomic mass is 16.6. The van der Waals surface area contributed by atoms with Crippen molar-refractivity contribution >= 4 is 6.09 Å². The second kappa shape index (κ2) is 4.89. The third-order valence-electron chi connectivity index (χ3n) is 2.77. The SMILES string of the molecule is CC(C)OC(=O)N1CC=C(C(C)(C)C)CC1. The third-order valence-corrected chi connectivity index (χ3v) is 2.77. The summed E-state index contributed by atoms with van der Waals surface area (Å²) < 4.78 is 5.17. The van der Waals surface area contributed by atoms with Crippen LogP contribution in [-0.4, -0.2) is 30.2 Å². The Bertz CT molecular complexity index is 287. The topological polar surface area (TPSA) is 29.5 Å². The maximum absolute atomic E-state index is 11.6. The van der Waals surface area contributed by atoms with Crippen LogP contribution in [0.15, 0.2) is 11.6 Å². The largest absolute Gasteiger partial charge is 0.447 e. The van der Waals surface area contributed by atoms with Gasteiger partial charge in [0.2, 0.25) is 0 Å². The Hall–Kier alpha value is -0.990. The van der Waals surface area contributed by atoms with Crippen molar-refractivity contribution in [2.45, 2.75) is 47.1 Å². The Labute approximate surface area is 98.5 Å². The van der Waals surface area contributed by atoms with Crippen molar-refractivity contribution < 1.29 is 9.53 Å². The molecule has 1 heterocycles. The van der Waals surface area contributed by atoms with E-state index in [0.29, 0.717) is 6.54 Å². The van der Waals surface area contributed by atoms with Crippen molar-refractivity contribution in [1.29, 1.82) is 0 Å². The lowest BCUT2D eigenvalue weighted by Crippen LogP contribution is -2.37. The molecular formula is C13H23NO2. The van der Waals surface area contributed by atoms with Crippen LogP contribution in [0.25, 0.3) is 0 Å². The number of hydrogen-bond donors (Lipinski definition) is 0. The van der Waals surface area contributed by atoms with Crippen LogP contribution in [0.5, 0.6) is 0 Å². The van der Waals surface area contributed by atoms with Gasteiger partial charge in [-0.3, -0.25) is 0 Å². The Morgan fingerprint density at radius 3 is 2.44 bits per heavy atom. The van der Waals surface area contributed by atoms with Gasteiger partial charge in [0, 0.05) is 13.1 Å². The number of hydrogen-bond acceptors (Lipinski definition) is 2. The van der Waals surface area contributed by atoms with Crippen LogP contribution in [0, 0.1) is 5.41 Å². The van der Waals surface area contributed by atoms with Gasteiger partial charge in [-0.1, -0.05) is 32.4 Å². The first kappa shape index (κ1) is 13.1. The summed E-state index contributed by atoms with van der Waals surface area (Å²) in [4.78, 5) is 13.4. The molecule has 1 amide bonds.